The molecule has 0 spiro atoms. The third-order valence-corrected chi connectivity index (χ3v) is 3.32. The molecule has 0 saturated carbocycles. The van der Waals surface area contributed by atoms with Crippen LogP contribution in [0.3, 0.4) is 0 Å². The number of nitrogens with zero attached hydrogens (tertiary/aromatic N) is 1. The van der Waals surface area contributed by atoms with Crippen LogP contribution in [0.4, 0.5) is 0 Å². The maximum absolute atomic E-state index is 5.37. The van der Waals surface area contributed by atoms with Crippen LogP contribution in [0.15, 0.2) is 0 Å². The molecule has 1 saturated heterocycles. The van der Waals surface area contributed by atoms with Gasteiger partial charge in [-0.15, -0.1) is 6.42 Å². The van der Waals surface area contributed by atoms with E-state index in [2.05, 4.69) is 44.0 Å². The van der Waals surface area contributed by atoms with Crippen molar-refractivity contribution >= 4 is 0 Å². The zero-order valence-electron chi connectivity index (χ0n) is 9.75. The van der Waals surface area contributed by atoms with Gasteiger partial charge in [-0.25, -0.2) is 0 Å². The molecule has 0 radical (unpaired) electrons. The van der Waals surface area contributed by atoms with Crippen LogP contribution in [0.2, 0.25) is 0 Å². The maximum Gasteiger partial charge on any atom is 0.0660 e. The van der Waals surface area contributed by atoms with Crippen molar-refractivity contribution in [2.24, 2.45) is 5.92 Å². The molecule has 0 amide bonds. The van der Waals surface area contributed by atoms with Gasteiger partial charge < -0.3 is 10.2 Å². The molecule has 1 fully saturated rings. The lowest BCUT2D eigenvalue weighted by atomic mass is 9.89. The van der Waals surface area contributed by atoms with Gasteiger partial charge in [0.1, 0.15) is 0 Å². The second-order valence-electron chi connectivity index (χ2n) is 4.66. The Kier molecular flexibility index (Phi) is 3.97. The van der Waals surface area contributed by atoms with Crippen LogP contribution in [0.1, 0.15) is 27.2 Å². The van der Waals surface area contributed by atoms with Crippen LogP contribution in [-0.2, 0) is 0 Å². The topological polar surface area (TPSA) is 15.3 Å². The summed E-state index contributed by atoms with van der Waals surface area (Å²) in [7, 11) is 2.20. The zero-order chi connectivity index (χ0) is 10.7. The molecule has 1 rings (SSSR count). The normalized spacial score (nSPS) is 36.4. The molecule has 0 aromatic rings. The van der Waals surface area contributed by atoms with Crippen LogP contribution in [-0.4, -0.2) is 36.6 Å². The number of likely N-dealkylation sites (tertiary alicyclic amines) is 1. The quantitative estimate of drug-likeness (QED) is 0.667. The van der Waals surface area contributed by atoms with Crippen LogP contribution < -0.4 is 5.32 Å². The first-order valence-electron chi connectivity index (χ1n) is 5.47. The number of hydrogen-bond acceptors (Lipinski definition) is 2. The molecule has 1 heterocycles. The number of rotatable bonds is 2. The van der Waals surface area contributed by atoms with E-state index in [1.165, 1.54) is 6.42 Å². The van der Waals surface area contributed by atoms with E-state index in [-0.39, 0.29) is 6.04 Å². The van der Waals surface area contributed by atoms with Crippen molar-refractivity contribution in [1.29, 1.82) is 0 Å². The first kappa shape index (κ1) is 11.6. The van der Waals surface area contributed by atoms with E-state index in [4.69, 9.17) is 6.42 Å². The first-order valence-corrected chi connectivity index (χ1v) is 5.47. The van der Waals surface area contributed by atoms with E-state index in [1.807, 2.05) is 0 Å². The lowest BCUT2D eigenvalue weighted by Crippen LogP contribution is -2.52. The van der Waals surface area contributed by atoms with E-state index in [9.17, 15) is 0 Å². The van der Waals surface area contributed by atoms with Gasteiger partial charge in [-0.3, -0.25) is 0 Å². The van der Waals surface area contributed by atoms with Crippen LogP contribution in [0.5, 0.6) is 0 Å². The summed E-state index contributed by atoms with van der Waals surface area (Å²) in [6, 6.07) is 1.43. The van der Waals surface area contributed by atoms with Gasteiger partial charge >= 0.3 is 0 Å². The van der Waals surface area contributed by atoms with E-state index in [0.29, 0.717) is 18.0 Å². The van der Waals surface area contributed by atoms with Gasteiger partial charge in [0.05, 0.1) is 6.04 Å². The fourth-order valence-electron chi connectivity index (χ4n) is 2.14. The molecule has 1 N–H and O–H groups in total. The smallest absolute Gasteiger partial charge is 0.0660 e. The fraction of sp³-hybridized carbons (Fsp3) is 0.833. The minimum absolute atomic E-state index is 0.193. The first-order chi connectivity index (χ1) is 6.54. The summed E-state index contributed by atoms with van der Waals surface area (Å²) < 4.78 is 0. The molecule has 0 aliphatic carbocycles. The van der Waals surface area contributed by atoms with Crippen molar-refractivity contribution in [2.45, 2.75) is 45.3 Å². The third-order valence-electron chi connectivity index (χ3n) is 3.32. The van der Waals surface area contributed by atoms with Crippen molar-refractivity contribution in [3.8, 4) is 12.3 Å². The van der Waals surface area contributed by atoms with Gasteiger partial charge in [0, 0.05) is 18.6 Å². The van der Waals surface area contributed by atoms with Gasteiger partial charge in [-0.05, 0) is 33.2 Å². The highest BCUT2D eigenvalue weighted by Crippen LogP contribution is 2.20. The molecule has 0 aromatic heterocycles. The largest absolute Gasteiger partial charge is 0.303 e. The second-order valence-corrected chi connectivity index (χ2v) is 4.66. The van der Waals surface area contributed by atoms with Crippen LogP contribution in [0, 0.1) is 18.3 Å². The predicted molar refractivity (Wildman–Crippen MR) is 61.1 cm³/mol. The SMILES string of the molecule is C#CC(C)NC1CC(C)N(C)CC1C. The molecule has 2 heteroatoms. The number of hydrogen-bond donors (Lipinski definition) is 1. The fourth-order valence-corrected chi connectivity index (χ4v) is 2.14. The Bertz CT molecular complexity index is 219. The molecule has 2 nitrogen and oxygen atoms in total. The average Bonchev–Trinajstić information content (AvgIpc) is 2.14. The molecule has 1 aliphatic heterocycles. The standard InChI is InChI=1S/C12H22N2/c1-6-10(3)13-12-7-11(4)14(5)8-9(12)2/h1,9-13H,7-8H2,2-5H3. The summed E-state index contributed by atoms with van der Waals surface area (Å²) in [5.74, 6) is 3.42. The van der Waals surface area contributed by atoms with Crippen LogP contribution in [0.25, 0.3) is 0 Å². The molecule has 0 aromatic carbocycles. The van der Waals surface area contributed by atoms with Crippen molar-refractivity contribution in [1.82, 2.24) is 10.2 Å². The molecule has 4 unspecified atom stereocenters. The molecule has 80 valence electrons. The van der Waals surface area contributed by atoms with Crippen LogP contribution >= 0.6 is 0 Å². The van der Waals surface area contributed by atoms with Crippen molar-refractivity contribution in [3.05, 3.63) is 0 Å². The average molecular weight is 194 g/mol. The summed E-state index contributed by atoms with van der Waals surface area (Å²) in [5, 5.41) is 3.51. The minimum atomic E-state index is 0.193. The van der Waals surface area contributed by atoms with Gasteiger partial charge in [-0.2, -0.15) is 0 Å². The summed E-state index contributed by atoms with van der Waals surface area (Å²) >= 11 is 0. The van der Waals surface area contributed by atoms with E-state index in [1.54, 1.807) is 0 Å². The summed E-state index contributed by atoms with van der Waals surface area (Å²) in [6.45, 7) is 7.79. The highest BCUT2D eigenvalue weighted by molar-refractivity contribution is 4.99. The summed E-state index contributed by atoms with van der Waals surface area (Å²) in [5.41, 5.74) is 0. The Balaban J connectivity index is 2.49. The summed E-state index contributed by atoms with van der Waals surface area (Å²) in [4.78, 5) is 2.42. The highest BCUT2D eigenvalue weighted by Gasteiger charge is 2.28. The van der Waals surface area contributed by atoms with Gasteiger partial charge in [0.25, 0.3) is 0 Å². The zero-order valence-corrected chi connectivity index (χ0v) is 9.75. The molecule has 1 aliphatic rings. The monoisotopic (exact) mass is 194 g/mol. The van der Waals surface area contributed by atoms with E-state index in [0.717, 1.165) is 6.54 Å². The second kappa shape index (κ2) is 4.82. The minimum Gasteiger partial charge on any atom is -0.303 e. The molecule has 0 bridgehead atoms. The number of terminal acetylenes is 1. The highest BCUT2D eigenvalue weighted by atomic mass is 15.2. The maximum atomic E-state index is 5.37. The van der Waals surface area contributed by atoms with Crippen molar-refractivity contribution < 1.29 is 0 Å². The third kappa shape index (κ3) is 2.73. The lowest BCUT2D eigenvalue weighted by Gasteiger charge is -2.40. The van der Waals surface area contributed by atoms with Crippen molar-refractivity contribution in [2.75, 3.05) is 13.6 Å². The Morgan fingerprint density at radius 3 is 2.71 bits per heavy atom. The summed E-state index contributed by atoms with van der Waals surface area (Å²) in [6.07, 6.45) is 6.57. The molecule has 4 atom stereocenters. The Morgan fingerprint density at radius 2 is 2.14 bits per heavy atom. The number of nitrogens with one attached hydrogen (secondary N) is 1. The predicted octanol–water partition coefficient (Wildman–Crippen LogP) is 1.33. The van der Waals surface area contributed by atoms with Gasteiger partial charge in [-0.1, -0.05) is 12.8 Å². The Labute approximate surface area is 88.1 Å². The van der Waals surface area contributed by atoms with Crippen molar-refractivity contribution in [3.63, 3.8) is 0 Å². The lowest BCUT2D eigenvalue weighted by molar-refractivity contribution is 0.120. The Hall–Kier alpha value is -0.520. The molecular weight excluding hydrogens is 172 g/mol. The Morgan fingerprint density at radius 1 is 1.50 bits per heavy atom. The molecular formula is C12H22N2. The van der Waals surface area contributed by atoms with Gasteiger partial charge in [0.15, 0.2) is 0 Å². The van der Waals surface area contributed by atoms with Gasteiger partial charge in [0.2, 0.25) is 0 Å². The van der Waals surface area contributed by atoms with E-state index >= 15 is 0 Å². The molecule has 14 heavy (non-hydrogen) atoms. The number of piperidine rings is 1. The van der Waals surface area contributed by atoms with E-state index < -0.39 is 0 Å².